The van der Waals surface area contributed by atoms with Crippen molar-refractivity contribution in [2.75, 3.05) is 11.9 Å². The lowest BCUT2D eigenvalue weighted by molar-refractivity contribution is -0.119. The van der Waals surface area contributed by atoms with Crippen molar-refractivity contribution in [1.82, 2.24) is 0 Å². The Balaban J connectivity index is 1.95. The van der Waals surface area contributed by atoms with Crippen LogP contribution < -0.4 is 10.6 Å². The zero-order valence-electron chi connectivity index (χ0n) is 12.4. The minimum absolute atomic E-state index is 0.123. The minimum atomic E-state index is -0.684. The molecular formula is C19H18N2O. The quantitative estimate of drug-likeness (QED) is 0.802. The highest BCUT2D eigenvalue weighted by atomic mass is 16.2. The van der Waals surface area contributed by atoms with E-state index in [0.717, 1.165) is 22.0 Å². The van der Waals surface area contributed by atoms with Crippen molar-refractivity contribution >= 4 is 22.4 Å². The van der Waals surface area contributed by atoms with Gasteiger partial charge in [-0.3, -0.25) is 4.79 Å². The Morgan fingerprint density at radius 1 is 0.909 bits per heavy atom. The van der Waals surface area contributed by atoms with Crippen LogP contribution in [0.15, 0.2) is 72.8 Å². The molecule has 3 rings (SSSR count). The molecule has 0 fully saturated rings. The lowest BCUT2D eigenvalue weighted by Gasteiger charge is -2.22. The van der Waals surface area contributed by atoms with Gasteiger partial charge in [-0.05, 0) is 28.5 Å². The van der Waals surface area contributed by atoms with Crippen LogP contribution in [0.1, 0.15) is 11.6 Å². The van der Waals surface area contributed by atoms with E-state index in [2.05, 4.69) is 0 Å². The maximum Gasteiger partial charge on any atom is 0.248 e. The lowest BCUT2D eigenvalue weighted by atomic mass is 9.98. The molecule has 3 aromatic rings. The van der Waals surface area contributed by atoms with Crippen molar-refractivity contribution in [3.63, 3.8) is 0 Å². The summed E-state index contributed by atoms with van der Waals surface area (Å²) in [7, 11) is 1.75. The highest BCUT2D eigenvalue weighted by Crippen LogP contribution is 2.25. The number of anilines is 1. The van der Waals surface area contributed by atoms with Gasteiger partial charge in [0.05, 0.1) is 0 Å². The van der Waals surface area contributed by atoms with Gasteiger partial charge in [0, 0.05) is 12.7 Å². The molecule has 3 aromatic carbocycles. The van der Waals surface area contributed by atoms with Gasteiger partial charge in [0.1, 0.15) is 6.04 Å². The summed E-state index contributed by atoms with van der Waals surface area (Å²) in [4.78, 5) is 14.3. The largest absolute Gasteiger partial charge is 0.316 e. The first-order chi connectivity index (χ1) is 10.7. The number of nitrogens with two attached hydrogens (primary N) is 1. The fourth-order valence-corrected chi connectivity index (χ4v) is 2.64. The molecule has 0 aliphatic rings. The molecule has 0 heterocycles. The highest BCUT2D eigenvalue weighted by molar-refractivity contribution is 6.00. The van der Waals surface area contributed by atoms with E-state index in [4.69, 9.17) is 5.73 Å². The molecule has 110 valence electrons. The number of amides is 1. The first-order valence-corrected chi connectivity index (χ1v) is 7.24. The molecule has 0 radical (unpaired) electrons. The van der Waals surface area contributed by atoms with Gasteiger partial charge < -0.3 is 10.6 Å². The van der Waals surface area contributed by atoms with Crippen LogP contribution >= 0.6 is 0 Å². The molecule has 3 heteroatoms. The van der Waals surface area contributed by atoms with Crippen LogP contribution in [0.4, 0.5) is 5.69 Å². The Morgan fingerprint density at radius 2 is 1.55 bits per heavy atom. The van der Waals surface area contributed by atoms with Crippen LogP contribution in [-0.2, 0) is 4.79 Å². The first kappa shape index (κ1) is 14.3. The van der Waals surface area contributed by atoms with Crippen molar-refractivity contribution in [2.45, 2.75) is 6.04 Å². The molecule has 0 aromatic heterocycles. The van der Waals surface area contributed by atoms with Crippen molar-refractivity contribution in [3.8, 4) is 0 Å². The van der Waals surface area contributed by atoms with Gasteiger partial charge in [0.25, 0.3) is 0 Å². The molecule has 1 atom stereocenters. The van der Waals surface area contributed by atoms with Crippen LogP contribution in [0.25, 0.3) is 10.8 Å². The average molecular weight is 290 g/mol. The maximum absolute atomic E-state index is 12.7. The average Bonchev–Trinajstić information content (AvgIpc) is 2.60. The summed E-state index contributed by atoms with van der Waals surface area (Å²) < 4.78 is 0. The van der Waals surface area contributed by atoms with E-state index in [0.29, 0.717) is 0 Å². The zero-order chi connectivity index (χ0) is 15.5. The van der Waals surface area contributed by atoms with E-state index in [1.165, 1.54) is 0 Å². The van der Waals surface area contributed by atoms with Crippen molar-refractivity contribution < 1.29 is 4.79 Å². The number of rotatable bonds is 3. The maximum atomic E-state index is 12.7. The summed E-state index contributed by atoms with van der Waals surface area (Å²) in [6.45, 7) is 0. The third-order valence-corrected chi connectivity index (χ3v) is 3.90. The number of carbonyl (C=O) groups excluding carboxylic acids is 1. The molecule has 22 heavy (non-hydrogen) atoms. The molecule has 0 saturated heterocycles. The summed E-state index contributed by atoms with van der Waals surface area (Å²) in [5, 5.41) is 2.11. The SMILES string of the molecule is CN(C(=O)C(N)c1cccc2ccccc12)c1ccccc1. The number of fused-ring (bicyclic) bond motifs is 1. The summed E-state index contributed by atoms with van der Waals surface area (Å²) in [6.07, 6.45) is 0. The zero-order valence-corrected chi connectivity index (χ0v) is 12.4. The van der Waals surface area contributed by atoms with E-state index >= 15 is 0 Å². The number of hydrogen-bond donors (Lipinski definition) is 1. The molecule has 0 spiro atoms. The molecule has 2 N–H and O–H groups in total. The molecule has 0 aliphatic carbocycles. The first-order valence-electron chi connectivity index (χ1n) is 7.24. The van der Waals surface area contributed by atoms with Crippen LogP contribution in [0.5, 0.6) is 0 Å². The van der Waals surface area contributed by atoms with Gasteiger partial charge in [0.15, 0.2) is 0 Å². The second-order valence-electron chi connectivity index (χ2n) is 5.28. The van der Waals surface area contributed by atoms with Gasteiger partial charge >= 0.3 is 0 Å². The fraction of sp³-hybridized carbons (Fsp3) is 0.105. The predicted octanol–water partition coefficient (Wildman–Crippen LogP) is 3.50. The van der Waals surface area contributed by atoms with Crippen LogP contribution in [-0.4, -0.2) is 13.0 Å². The van der Waals surface area contributed by atoms with Crippen LogP contribution in [0, 0.1) is 0 Å². The number of nitrogens with zero attached hydrogens (tertiary/aromatic N) is 1. The fourth-order valence-electron chi connectivity index (χ4n) is 2.64. The van der Waals surface area contributed by atoms with Gasteiger partial charge in [-0.2, -0.15) is 0 Å². The molecular weight excluding hydrogens is 272 g/mol. The third-order valence-electron chi connectivity index (χ3n) is 3.90. The van der Waals surface area contributed by atoms with Gasteiger partial charge in [-0.15, -0.1) is 0 Å². The minimum Gasteiger partial charge on any atom is -0.316 e. The molecule has 1 unspecified atom stereocenters. The summed E-state index contributed by atoms with van der Waals surface area (Å²) in [6, 6.07) is 22.7. The standard InChI is InChI=1S/C19H18N2O/c1-21(15-10-3-2-4-11-15)19(22)18(20)17-13-7-9-14-8-5-6-12-16(14)17/h2-13,18H,20H2,1H3. The van der Waals surface area contributed by atoms with Gasteiger partial charge in [-0.1, -0.05) is 60.7 Å². The summed E-state index contributed by atoms with van der Waals surface area (Å²) in [5.74, 6) is -0.123. The Bertz CT molecular complexity index is 793. The van der Waals surface area contributed by atoms with Gasteiger partial charge in [-0.25, -0.2) is 0 Å². The smallest absolute Gasteiger partial charge is 0.248 e. The monoisotopic (exact) mass is 290 g/mol. The van der Waals surface area contributed by atoms with Crippen molar-refractivity contribution in [2.24, 2.45) is 5.73 Å². The number of carbonyl (C=O) groups is 1. The topological polar surface area (TPSA) is 46.3 Å². The number of para-hydroxylation sites is 1. The van der Waals surface area contributed by atoms with E-state index in [9.17, 15) is 4.79 Å². The van der Waals surface area contributed by atoms with E-state index < -0.39 is 6.04 Å². The molecule has 0 bridgehead atoms. The van der Waals surface area contributed by atoms with Crippen molar-refractivity contribution in [1.29, 1.82) is 0 Å². The Labute approximate surface area is 130 Å². The number of hydrogen-bond acceptors (Lipinski definition) is 2. The highest BCUT2D eigenvalue weighted by Gasteiger charge is 2.22. The molecule has 3 nitrogen and oxygen atoms in total. The van der Waals surface area contributed by atoms with E-state index in [1.54, 1.807) is 11.9 Å². The van der Waals surface area contributed by atoms with E-state index in [1.807, 2.05) is 72.8 Å². The summed E-state index contributed by atoms with van der Waals surface area (Å²) >= 11 is 0. The Hall–Kier alpha value is -2.65. The normalized spacial score (nSPS) is 12.1. The Morgan fingerprint density at radius 3 is 2.32 bits per heavy atom. The number of likely N-dealkylation sites (N-methyl/N-ethyl adjacent to an activating group) is 1. The van der Waals surface area contributed by atoms with Crippen molar-refractivity contribution in [3.05, 3.63) is 78.4 Å². The molecule has 1 amide bonds. The van der Waals surface area contributed by atoms with E-state index in [-0.39, 0.29) is 5.91 Å². The molecule has 0 aliphatic heterocycles. The molecule has 0 saturated carbocycles. The van der Waals surface area contributed by atoms with Gasteiger partial charge in [0.2, 0.25) is 5.91 Å². The van der Waals surface area contributed by atoms with Crippen LogP contribution in [0.3, 0.4) is 0 Å². The summed E-state index contributed by atoms with van der Waals surface area (Å²) in [5.41, 5.74) is 7.94. The second kappa shape index (κ2) is 6.00. The predicted molar refractivity (Wildman–Crippen MR) is 90.7 cm³/mol. The third kappa shape index (κ3) is 2.59. The number of benzene rings is 3. The second-order valence-corrected chi connectivity index (χ2v) is 5.28. The Kier molecular flexibility index (Phi) is 3.90. The van der Waals surface area contributed by atoms with Crippen LogP contribution in [0.2, 0.25) is 0 Å². The lowest BCUT2D eigenvalue weighted by Crippen LogP contribution is -2.35.